The summed E-state index contributed by atoms with van der Waals surface area (Å²) in [4.78, 5) is 33.9. The highest BCUT2D eigenvalue weighted by Gasteiger charge is 2.20. The molecule has 0 aliphatic carbocycles. The number of methoxy groups -OCH3 is 2. The van der Waals surface area contributed by atoms with Crippen molar-refractivity contribution < 1.29 is 23.6 Å². The van der Waals surface area contributed by atoms with Gasteiger partial charge < -0.3 is 19.8 Å². The number of aromatic amines is 1. The third-order valence-electron chi connectivity index (χ3n) is 4.76. The first-order valence-corrected chi connectivity index (χ1v) is 9.23. The lowest BCUT2D eigenvalue weighted by atomic mass is 10.1. The van der Waals surface area contributed by atoms with Crippen LogP contribution in [-0.4, -0.2) is 40.1 Å². The fourth-order valence-electron chi connectivity index (χ4n) is 3.29. The molecule has 0 saturated carbocycles. The van der Waals surface area contributed by atoms with Crippen LogP contribution in [0.2, 0.25) is 0 Å². The van der Waals surface area contributed by atoms with E-state index in [2.05, 4.69) is 20.3 Å². The van der Waals surface area contributed by atoms with E-state index in [1.165, 1.54) is 20.4 Å². The van der Waals surface area contributed by atoms with Gasteiger partial charge in [0.1, 0.15) is 5.75 Å². The van der Waals surface area contributed by atoms with Gasteiger partial charge in [-0.3, -0.25) is 10.1 Å². The van der Waals surface area contributed by atoms with Crippen LogP contribution in [-0.2, 0) is 4.74 Å². The number of halogens is 1. The first-order chi connectivity index (χ1) is 15.4. The minimum atomic E-state index is -1.02. The monoisotopic (exact) mass is 437 g/mol. The zero-order chi connectivity index (χ0) is 22.8. The molecule has 0 spiro atoms. The second kappa shape index (κ2) is 8.30. The number of ether oxygens (including phenoxy) is 2. The van der Waals surface area contributed by atoms with Gasteiger partial charge in [-0.25, -0.2) is 14.8 Å². The number of nitro groups is 1. The summed E-state index contributed by atoms with van der Waals surface area (Å²) in [5.74, 6) is -1.33. The van der Waals surface area contributed by atoms with Gasteiger partial charge in [0.15, 0.2) is 0 Å². The molecule has 10 nitrogen and oxygen atoms in total. The Kier molecular flexibility index (Phi) is 5.37. The number of esters is 1. The van der Waals surface area contributed by atoms with Crippen LogP contribution in [0.5, 0.6) is 5.75 Å². The molecule has 0 aliphatic heterocycles. The van der Waals surface area contributed by atoms with Crippen molar-refractivity contribution in [3.05, 3.63) is 70.3 Å². The standard InChI is InChI=1S/C21H16FN5O5/c1-31-18-8-14(22)17(27(29)30)9-16(18)26-21-23-7-6-15(25-21)13-10-24-19-11(13)4-3-5-12(19)20(28)32-2/h3-10,24H,1-2H3,(H,23,25,26). The van der Waals surface area contributed by atoms with E-state index in [4.69, 9.17) is 9.47 Å². The first-order valence-electron chi connectivity index (χ1n) is 9.23. The molecule has 4 rings (SSSR count). The van der Waals surface area contributed by atoms with Crippen molar-refractivity contribution >= 4 is 34.2 Å². The number of benzene rings is 2. The van der Waals surface area contributed by atoms with Crippen LogP contribution in [0.3, 0.4) is 0 Å². The Morgan fingerprint density at radius 2 is 2.06 bits per heavy atom. The Hall–Kier alpha value is -4.54. The van der Waals surface area contributed by atoms with Gasteiger partial charge in [0.2, 0.25) is 11.8 Å². The number of nitrogens with one attached hydrogen (secondary N) is 2. The lowest BCUT2D eigenvalue weighted by Crippen LogP contribution is -2.02. The fourth-order valence-corrected chi connectivity index (χ4v) is 3.29. The molecular formula is C21H16FN5O5. The Morgan fingerprint density at radius 1 is 1.25 bits per heavy atom. The largest absolute Gasteiger partial charge is 0.494 e. The van der Waals surface area contributed by atoms with Gasteiger partial charge >= 0.3 is 11.7 Å². The molecule has 0 atom stereocenters. The molecule has 2 aromatic carbocycles. The SMILES string of the molecule is COC(=O)c1cccc2c(-c3ccnc(Nc4cc([N+](=O)[O-])c(F)cc4OC)n3)c[nH]c12. The summed E-state index contributed by atoms with van der Waals surface area (Å²) >= 11 is 0. The van der Waals surface area contributed by atoms with Crippen LogP contribution < -0.4 is 10.1 Å². The molecule has 162 valence electrons. The molecule has 11 heteroatoms. The number of nitrogens with zero attached hydrogens (tertiary/aromatic N) is 3. The number of para-hydroxylation sites is 1. The first kappa shape index (κ1) is 20.7. The number of hydrogen-bond acceptors (Lipinski definition) is 8. The van der Waals surface area contributed by atoms with E-state index in [1.54, 1.807) is 24.4 Å². The van der Waals surface area contributed by atoms with Gasteiger partial charge in [-0.05, 0) is 12.1 Å². The molecule has 2 N–H and O–H groups in total. The van der Waals surface area contributed by atoms with E-state index in [0.29, 0.717) is 22.3 Å². The van der Waals surface area contributed by atoms with Gasteiger partial charge in [-0.2, -0.15) is 4.39 Å². The third kappa shape index (κ3) is 3.67. The van der Waals surface area contributed by atoms with E-state index >= 15 is 0 Å². The number of rotatable bonds is 6. The number of nitro benzene ring substituents is 1. The molecule has 0 unspecified atom stereocenters. The molecule has 4 aromatic rings. The molecule has 0 radical (unpaired) electrons. The number of H-pyrrole nitrogens is 1. The van der Waals surface area contributed by atoms with Crippen molar-refractivity contribution in [2.24, 2.45) is 0 Å². The number of carbonyl (C=O) groups is 1. The van der Waals surface area contributed by atoms with E-state index in [1.807, 2.05) is 6.07 Å². The molecule has 2 aromatic heterocycles. The van der Waals surface area contributed by atoms with Crippen LogP contribution in [0.25, 0.3) is 22.2 Å². The van der Waals surface area contributed by atoms with Crippen LogP contribution in [0.1, 0.15) is 10.4 Å². The predicted octanol–water partition coefficient (Wildman–Crippen LogP) is 4.21. The minimum Gasteiger partial charge on any atom is -0.494 e. The highest BCUT2D eigenvalue weighted by atomic mass is 19.1. The number of carbonyl (C=O) groups excluding carboxylic acids is 1. The lowest BCUT2D eigenvalue weighted by molar-refractivity contribution is -0.387. The van der Waals surface area contributed by atoms with Gasteiger partial charge in [0, 0.05) is 35.5 Å². The van der Waals surface area contributed by atoms with E-state index in [0.717, 1.165) is 17.5 Å². The van der Waals surface area contributed by atoms with Crippen LogP contribution >= 0.6 is 0 Å². The average Bonchev–Trinajstić information content (AvgIpc) is 3.23. The smallest absolute Gasteiger partial charge is 0.339 e. The molecule has 0 fully saturated rings. The maximum Gasteiger partial charge on any atom is 0.339 e. The topological polar surface area (TPSA) is 132 Å². The maximum absolute atomic E-state index is 13.9. The molecular weight excluding hydrogens is 421 g/mol. The summed E-state index contributed by atoms with van der Waals surface area (Å²) in [5, 5.41) is 14.7. The van der Waals surface area contributed by atoms with Gasteiger partial charge in [0.25, 0.3) is 0 Å². The number of fused-ring (bicyclic) bond motifs is 1. The molecule has 2 heterocycles. The highest BCUT2D eigenvalue weighted by Crippen LogP contribution is 2.34. The van der Waals surface area contributed by atoms with Gasteiger partial charge in [-0.15, -0.1) is 0 Å². The Labute approximate surface area is 180 Å². The van der Waals surface area contributed by atoms with Gasteiger partial charge in [-0.1, -0.05) is 12.1 Å². The second-order valence-corrected chi connectivity index (χ2v) is 6.57. The molecule has 0 amide bonds. The second-order valence-electron chi connectivity index (χ2n) is 6.57. The fraction of sp³-hybridized carbons (Fsp3) is 0.0952. The van der Waals surface area contributed by atoms with Crippen molar-refractivity contribution in [3.63, 3.8) is 0 Å². The summed E-state index contributed by atoms with van der Waals surface area (Å²) in [7, 11) is 2.62. The van der Waals surface area contributed by atoms with Gasteiger partial charge in [0.05, 0.1) is 41.6 Å². The quantitative estimate of drug-likeness (QED) is 0.260. The summed E-state index contributed by atoms with van der Waals surface area (Å²) in [5.41, 5.74) is 1.62. The molecule has 0 aliphatic rings. The number of anilines is 2. The van der Waals surface area contributed by atoms with Crippen molar-refractivity contribution in [2.45, 2.75) is 0 Å². The number of hydrogen-bond donors (Lipinski definition) is 2. The van der Waals surface area contributed by atoms with Crippen molar-refractivity contribution in [1.82, 2.24) is 15.0 Å². The molecule has 32 heavy (non-hydrogen) atoms. The zero-order valence-corrected chi connectivity index (χ0v) is 16.9. The van der Waals surface area contributed by atoms with E-state index in [9.17, 15) is 19.3 Å². The predicted molar refractivity (Wildman–Crippen MR) is 114 cm³/mol. The Bertz CT molecular complexity index is 1350. The Morgan fingerprint density at radius 3 is 2.78 bits per heavy atom. The van der Waals surface area contributed by atoms with Crippen molar-refractivity contribution in [3.8, 4) is 17.0 Å². The van der Waals surface area contributed by atoms with Crippen LogP contribution in [0.15, 0.2) is 48.8 Å². The maximum atomic E-state index is 13.9. The van der Waals surface area contributed by atoms with Crippen molar-refractivity contribution in [1.29, 1.82) is 0 Å². The molecule has 0 saturated heterocycles. The van der Waals surface area contributed by atoms with E-state index < -0.39 is 22.4 Å². The summed E-state index contributed by atoms with van der Waals surface area (Å²) in [6.45, 7) is 0. The summed E-state index contributed by atoms with van der Waals surface area (Å²) in [6.07, 6.45) is 3.20. The van der Waals surface area contributed by atoms with Crippen molar-refractivity contribution in [2.75, 3.05) is 19.5 Å². The van der Waals surface area contributed by atoms with E-state index in [-0.39, 0.29) is 17.4 Å². The third-order valence-corrected chi connectivity index (χ3v) is 4.76. The summed E-state index contributed by atoms with van der Waals surface area (Å²) < 4.78 is 23.8. The summed E-state index contributed by atoms with van der Waals surface area (Å²) in [6, 6.07) is 8.80. The average molecular weight is 437 g/mol. The molecule has 0 bridgehead atoms. The van der Waals surface area contributed by atoms with Crippen LogP contribution in [0.4, 0.5) is 21.7 Å². The lowest BCUT2D eigenvalue weighted by Gasteiger charge is -2.11. The Balaban J connectivity index is 1.74. The van der Waals surface area contributed by atoms with Crippen LogP contribution in [0, 0.1) is 15.9 Å². The number of aromatic nitrogens is 3. The normalized spacial score (nSPS) is 10.7. The highest BCUT2D eigenvalue weighted by molar-refractivity contribution is 6.07. The minimum absolute atomic E-state index is 0.0527. The zero-order valence-electron chi connectivity index (χ0n) is 16.9.